The fourth-order valence-electron chi connectivity index (χ4n) is 1.82. The standard InChI is InChI=1S/C13H13FN2O2/c1-2-7-16-12(5-6-15-16)9-3-4-10(13(17)18)11(14)8-9/h3-6,8H,2,7H2,1H3,(H,17,18). The summed E-state index contributed by atoms with van der Waals surface area (Å²) in [5, 5.41) is 12.9. The van der Waals surface area contributed by atoms with Crippen LogP contribution in [0.3, 0.4) is 0 Å². The van der Waals surface area contributed by atoms with Crippen molar-refractivity contribution in [3.63, 3.8) is 0 Å². The zero-order valence-electron chi connectivity index (χ0n) is 9.93. The Hall–Kier alpha value is -2.17. The van der Waals surface area contributed by atoms with Crippen LogP contribution >= 0.6 is 0 Å². The molecule has 1 aromatic carbocycles. The summed E-state index contributed by atoms with van der Waals surface area (Å²) in [6.45, 7) is 2.77. The van der Waals surface area contributed by atoms with Gasteiger partial charge in [-0.1, -0.05) is 13.0 Å². The zero-order chi connectivity index (χ0) is 13.1. The third-order valence-corrected chi connectivity index (χ3v) is 2.65. The molecule has 0 saturated carbocycles. The highest BCUT2D eigenvalue weighted by Crippen LogP contribution is 2.22. The lowest BCUT2D eigenvalue weighted by Crippen LogP contribution is -2.03. The number of carbonyl (C=O) groups is 1. The number of halogens is 1. The molecule has 2 aromatic rings. The quantitative estimate of drug-likeness (QED) is 0.905. The van der Waals surface area contributed by atoms with E-state index in [4.69, 9.17) is 5.11 Å². The van der Waals surface area contributed by atoms with E-state index >= 15 is 0 Å². The van der Waals surface area contributed by atoms with E-state index < -0.39 is 11.8 Å². The van der Waals surface area contributed by atoms with Gasteiger partial charge in [-0.15, -0.1) is 0 Å². The molecule has 0 aliphatic carbocycles. The highest BCUT2D eigenvalue weighted by Gasteiger charge is 2.12. The molecule has 0 atom stereocenters. The number of rotatable bonds is 4. The maximum atomic E-state index is 13.6. The number of aryl methyl sites for hydroxylation is 1. The predicted molar refractivity (Wildman–Crippen MR) is 64.9 cm³/mol. The zero-order valence-corrected chi connectivity index (χ0v) is 9.93. The minimum Gasteiger partial charge on any atom is -0.478 e. The molecule has 1 N–H and O–H groups in total. The summed E-state index contributed by atoms with van der Waals surface area (Å²) in [5.74, 6) is -2.00. The van der Waals surface area contributed by atoms with Gasteiger partial charge in [0, 0.05) is 18.3 Å². The average molecular weight is 248 g/mol. The first-order valence-electron chi connectivity index (χ1n) is 5.68. The SMILES string of the molecule is CCCn1nccc1-c1ccc(C(=O)O)c(F)c1. The molecule has 0 aliphatic heterocycles. The van der Waals surface area contributed by atoms with Crippen LogP contribution in [0.1, 0.15) is 23.7 Å². The van der Waals surface area contributed by atoms with Crippen molar-refractivity contribution in [2.45, 2.75) is 19.9 Å². The Morgan fingerprint density at radius 1 is 1.44 bits per heavy atom. The van der Waals surface area contributed by atoms with Gasteiger partial charge in [0.2, 0.25) is 0 Å². The highest BCUT2D eigenvalue weighted by molar-refractivity contribution is 5.88. The van der Waals surface area contributed by atoms with Gasteiger partial charge in [0.05, 0.1) is 11.3 Å². The van der Waals surface area contributed by atoms with E-state index in [-0.39, 0.29) is 5.56 Å². The Kier molecular flexibility index (Phi) is 3.41. The lowest BCUT2D eigenvalue weighted by molar-refractivity contribution is 0.0692. The highest BCUT2D eigenvalue weighted by atomic mass is 19.1. The van der Waals surface area contributed by atoms with Crippen molar-refractivity contribution < 1.29 is 14.3 Å². The molecule has 0 spiro atoms. The number of aromatic nitrogens is 2. The van der Waals surface area contributed by atoms with Gasteiger partial charge < -0.3 is 5.11 Å². The van der Waals surface area contributed by atoms with Crippen molar-refractivity contribution in [1.82, 2.24) is 9.78 Å². The van der Waals surface area contributed by atoms with Crippen molar-refractivity contribution in [3.8, 4) is 11.3 Å². The second kappa shape index (κ2) is 5.00. The van der Waals surface area contributed by atoms with Gasteiger partial charge in [0.25, 0.3) is 0 Å². The maximum absolute atomic E-state index is 13.6. The first-order valence-corrected chi connectivity index (χ1v) is 5.68. The molecule has 5 heteroatoms. The van der Waals surface area contributed by atoms with Gasteiger partial charge >= 0.3 is 5.97 Å². The number of nitrogens with zero attached hydrogens (tertiary/aromatic N) is 2. The number of carboxylic acid groups (broad SMARTS) is 1. The largest absolute Gasteiger partial charge is 0.478 e. The molecule has 94 valence electrons. The Morgan fingerprint density at radius 2 is 2.22 bits per heavy atom. The van der Waals surface area contributed by atoms with Crippen LogP contribution in [-0.4, -0.2) is 20.9 Å². The molecule has 4 nitrogen and oxygen atoms in total. The van der Waals surface area contributed by atoms with Crippen LogP contribution in [-0.2, 0) is 6.54 Å². The molecule has 2 rings (SSSR count). The van der Waals surface area contributed by atoms with E-state index in [1.165, 1.54) is 12.1 Å². The van der Waals surface area contributed by atoms with Gasteiger partial charge in [-0.05, 0) is 24.6 Å². The molecular formula is C13H13FN2O2. The summed E-state index contributed by atoms with van der Waals surface area (Å²) in [6, 6.07) is 5.88. The molecule has 0 bridgehead atoms. The molecular weight excluding hydrogens is 235 g/mol. The summed E-state index contributed by atoms with van der Waals surface area (Å²) < 4.78 is 15.4. The lowest BCUT2D eigenvalue weighted by Gasteiger charge is -2.07. The Morgan fingerprint density at radius 3 is 2.83 bits per heavy atom. The first-order chi connectivity index (χ1) is 8.63. The smallest absolute Gasteiger partial charge is 0.338 e. The number of aromatic carboxylic acids is 1. The summed E-state index contributed by atoms with van der Waals surface area (Å²) in [6.07, 6.45) is 2.57. The van der Waals surface area contributed by atoms with Gasteiger partial charge in [-0.3, -0.25) is 4.68 Å². The van der Waals surface area contributed by atoms with Crippen LogP contribution in [0, 0.1) is 5.82 Å². The van der Waals surface area contributed by atoms with Gasteiger partial charge in [-0.2, -0.15) is 5.10 Å². The van der Waals surface area contributed by atoms with E-state index in [9.17, 15) is 9.18 Å². The summed E-state index contributed by atoms with van der Waals surface area (Å²) in [4.78, 5) is 10.7. The molecule has 0 radical (unpaired) electrons. The van der Waals surface area contributed by atoms with Crippen molar-refractivity contribution in [2.24, 2.45) is 0 Å². The van der Waals surface area contributed by atoms with E-state index in [2.05, 4.69) is 5.10 Å². The molecule has 0 unspecified atom stereocenters. The molecule has 1 heterocycles. The topological polar surface area (TPSA) is 55.1 Å². The Bertz CT molecular complexity index is 578. The lowest BCUT2D eigenvalue weighted by atomic mass is 10.1. The van der Waals surface area contributed by atoms with Crippen LogP contribution in [0.15, 0.2) is 30.5 Å². The van der Waals surface area contributed by atoms with Crippen molar-refractivity contribution >= 4 is 5.97 Å². The first kappa shape index (κ1) is 12.3. The number of carboxylic acids is 1. The Balaban J connectivity index is 2.42. The minimum atomic E-state index is -1.26. The van der Waals surface area contributed by atoms with Gasteiger partial charge in [0.15, 0.2) is 0 Å². The average Bonchev–Trinajstić information content (AvgIpc) is 2.77. The van der Waals surface area contributed by atoms with Crippen LogP contribution in [0.5, 0.6) is 0 Å². The second-order valence-corrected chi connectivity index (χ2v) is 3.94. The summed E-state index contributed by atoms with van der Waals surface area (Å²) in [7, 11) is 0. The summed E-state index contributed by atoms with van der Waals surface area (Å²) >= 11 is 0. The number of hydrogen-bond acceptors (Lipinski definition) is 2. The fourth-order valence-corrected chi connectivity index (χ4v) is 1.82. The minimum absolute atomic E-state index is 0.319. The third kappa shape index (κ3) is 2.25. The maximum Gasteiger partial charge on any atom is 0.338 e. The van der Waals surface area contributed by atoms with Crippen molar-refractivity contribution in [2.75, 3.05) is 0 Å². The van der Waals surface area contributed by atoms with Gasteiger partial charge in [-0.25, -0.2) is 9.18 Å². The monoisotopic (exact) mass is 248 g/mol. The molecule has 0 amide bonds. The van der Waals surface area contributed by atoms with Gasteiger partial charge in [0.1, 0.15) is 5.82 Å². The summed E-state index contributed by atoms with van der Waals surface area (Å²) in [5.41, 5.74) is 1.09. The molecule has 0 fully saturated rings. The fraction of sp³-hybridized carbons (Fsp3) is 0.231. The van der Waals surface area contributed by atoms with Crippen LogP contribution < -0.4 is 0 Å². The molecule has 1 aromatic heterocycles. The van der Waals surface area contributed by atoms with Crippen LogP contribution in [0.25, 0.3) is 11.3 Å². The molecule has 0 saturated heterocycles. The number of hydrogen-bond donors (Lipinski definition) is 1. The number of benzene rings is 1. The van der Waals surface area contributed by atoms with Crippen molar-refractivity contribution in [1.29, 1.82) is 0 Å². The van der Waals surface area contributed by atoms with E-state index in [1.54, 1.807) is 23.0 Å². The van der Waals surface area contributed by atoms with Crippen LogP contribution in [0.2, 0.25) is 0 Å². The van der Waals surface area contributed by atoms with E-state index in [0.717, 1.165) is 18.7 Å². The van der Waals surface area contributed by atoms with E-state index in [0.29, 0.717) is 5.56 Å². The second-order valence-electron chi connectivity index (χ2n) is 3.94. The molecule has 18 heavy (non-hydrogen) atoms. The molecule has 0 aliphatic rings. The normalized spacial score (nSPS) is 10.6. The van der Waals surface area contributed by atoms with Crippen molar-refractivity contribution in [3.05, 3.63) is 41.8 Å². The Labute approximate surface area is 104 Å². The van der Waals surface area contributed by atoms with Crippen LogP contribution in [0.4, 0.5) is 4.39 Å². The predicted octanol–water partition coefficient (Wildman–Crippen LogP) is 2.80. The van der Waals surface area contributed by atoms with E-state index in [1.807, 2.05) is 6.92 Å². The third-order valence-electron chi connectivity index (χ3n) is 2.65.